The summed E-state index contributed by atoms with van der Waals surface area (Å²) in [5.74, 6) is -2.05. The first-order chi connectivity index (χ1) is 19.9. The molecule has 0 bridgehead atoms. The molecule has 5 rings (SSSR count). The number of anilines is 2. The van der Waals surface area contributed by atoms with E-state index in [1.165, 1.54) is 31.6 Å². The summed E-state index contributed by atoms with van der Waals surface area (Å²) in [7, 11) is 7.17. The lowest BCUT2D eigenvalue weighted by Gasteiger charge is -2.37. The van der Waals surface area contributed by atoms with Crippen LogP contribution in [-0.4, -0.2) is 77.5 Å². The number of ether oxygens (including phenoxy) is 1. The molecule has 0 unspecified atom stereocenters. The molecule has 10 nitrogen and oxygen atoms in total. The monoisotopic (exact) mass is 613 g/mol. The third-order valence-electron chi connectivity index (χ3n) is 7.16. The number of benzene rings is 2. The lowest BCUT2D eigenvalue weighted by atomic mass is 9.86. The summed E-state index contributed by atoms with van der Waals surface area (Å²) in [6.07, 6.45) is 5.99. The lowest BCUT2D eigenvalue weighted by Crippen LogP contribution is -3.00. The van der Waals surface area contributed by atoms with Crippen molar-refractivity contribution < 1.29 is 40.0 Å². The Balaban J connectivity index is 0.00000423. The Morgan fingerprint density at radius 1 is 1.05 bits per heavy atom. The summed E-state index contributed by atoms with van der Waals surface area (Å²) < 4.78 is 36.2. The Kier molecular flexibility index (Phi) is 9.21. The van der Waals surface area contributed by atoms with E-state index in [1.807, 2.05) is 34.1 Å². The van der Waals surface area contributed by atoms with Gasteiger partial charge in [-0.1, -0.05) is 0 Å². The summed E-state index contributed by atoms with van der Waals surface area (Å²) in [6, 6.07) is 8.21. The van der Waals surface area contributed by atoms with E-state index in [0.29, 0.717) is 52.3 Å². The highest BCUT2D eigenvalue weighted by Gasteiger charge is 2.32. The normalized spacial score (nSPS) is 16.2. The zero-order valence-corrected chi connectivity index (χ0v) is 25.3. The highest BCUT2D eigenvalue weighted by Crippen LogP contribution is 2.31. The van der Waals surface area contributed by atoms with Gasteiger partial charge in [-0.15, -0.1) is 0 Å². The van der Waals surface area contributed by atoms with E-state index in [-0.39, 0.29) is 47.6 Å². The van der Waals surface area contributed by atoms with Crippen LogP contribution in [0.3, 0.4) is 0 Å². The number of methoxy groups -OCH3 is 1. The van der Waals surface area contributed by atoms with E-state index in [0.717, 1.165) is 5.56 Å². The number of nitrogens with zero attached hydrogens (tertiary/aromatic N) is 4. The topological polar surface area (TPSA) is 110 Å². The number of aryl methyl sites for hydroxylation is 1. The highest BCUT2D eigenvalue weighted by atomic mass is 35.5. The van der Waals surface area contributed by atoms with Gasteiger partial charge >= 0.3 is 0 Å². The van der Waals surface area contributed by atoms with E-state index in [4.69, 9.17) is 4.74 Å². The number of quaternary nitrogens is 1. The molecule has 2 aromatic heterocycles. The molecule has 1 saturated carbocycles. The fraction of sp³-hybridized carbons (Fsp3) is 0.333. The number of carbonyl (C=O) groups is 2. The Morgan fingerprint density at radius 3 is 2.44 bits per heavy atom. The molecule has 1 aliphatic carbocycles. The van der Waals surface area contributed by atoms with E-state index >= 15 is 0 Å². The molecule has 0 saturated heterocycles. The Morgan fingerprint density at radius 2 is 1.77 bits per heavy atom. The Hall–Kier alpha value is -4.29. The molecule has 2 heterocycles. The average Bonchev–Trinajstić information content (AvgIpc) is 3.33. The largest absolute Gasteiger partial charge is 1.00 e. The number of halogens is 3. The summed E-state index contributed by atoms with van der Waals surface area (Å²) in [5, 5.41) is 9.28. The maximum absolute atomic E-state index is 14.8. The van der Waals surface area contributed by atoms with E-state index in [2.05, 4.69) is 25.9 Å². The minimum absolute atomic E-state index is 0. The number of likely N-dealkylation sites (N-methyl/N-ethyl adjacent to an activating group) is 1. The van der Waals surface area contributed by atoms with Crippen molar-refractivity contribution in [2.75, 3.05) is 40.1 Å². The average molecular weight is 614 g/mol. The summed E-state index contributed by atoms with van der Waals surface area (Å²) in [6.45, 7) is 2.25. The molecular weight excluding hydrogens is 580 g/mol. The maximum atomic E-state index is 14.8. The van der Waals surface area contributed by atoms with Gasteiger partial charge in [0.05, 0.1) is 40.1 Å². The van der Waals surface area contributed by atoms with Crippen molar-refractivity contribution in [1.82, 2.24) is 25.0 Å². The summed E-state index contributed by atoms with van der Waals surface area (Å²) >= 11 is 0. The van der Waals surface area contributed by atoms with Gasteiger partial charge < -0.3 is 37.6 Å². The molecule has 3 N–H and O–H groups in total. The number of aromatic nitrogens is 3. The second kappa shape index (κ2) is 12.5. The number of imidazole rings is 1. The third-order valence-corrected chi connectivity index (χ3v) is 7.16. The number of carbonyl (C=O) groups excluding carboxylic acids is 2. The van der Waals surface area contributed by atoms with Crippen LogP contribution in [0.5, 0.6) is 5.75 Å². The second-order valence-electron chi connectivity index (χ2n) is 11.6. The first-order valence-corrected chi connectivity index (χ1v) is 13.6. The molecule has 228 valence electrons. The minimum atomic E-state index is -1.07. The SMILES string of the molecule is COc1ccc(-c2cnc3c(Nc4ccc(C(=O)N[C@H]5C[C@@H](NC(=O)C[N+](C)(C)C)C5)c(C)c4)nccn23)c(F)c1F.[Cl-]. The lowest BCUT2D eigenvalue weighted by molar-refractivity contribution is -0.862. The van der Waals surface area contributed by atoms with Crippen LogP contribution in [0, 0.1) is 18.6 Å². The summed E-state index contributed by atoms with van der Waals surface area (Å²) in [4.78, 5) is 33.9. The van der Waals surface area contributed by atoms with Crippen molar-refractivity contribution in [2.45, 2.75) is 31.8 Å². The number of hydrogen-bond donors (Lipinski definition) is 3. The fourth-order valence-electron chi connectivity index (χ4n) is 5.05. The van der Waals surface area contributed by atoms with Crippen LogP contribution in [0.25, 0.3) is 16.9 Å². The van der Waals surface area contributed by atoms with Gasteiger partial charge in [-0.2, -0.15) is 4.39 Å². The van der Waals surface area contributed by atoms with E-state index < -0.39 is 11.6 Å². The maximum Gasteiger partial charge on any atom is 0.275 e. The molecule has 2 amide bonds. The summed E-state index contributed by atoms with van der Waals surface area (Å²) in [5.41, 5.74) is 2.79. The minimum Gasteiger partial charge on any atom is -1.00 e. The zero-order chi connectivity index (χ0) is 30.2. The first-order valence-electron chi connectivity index (χ1n) is 13.6. The van der Waals surface area contributed by atoms with Crippen molar-refractivity contribution in [3.63, 3.8) is 0 Å². The number of rotatable bonds is 9. The number of hydrogen-bond acceptors (Lipinski definition) is 6. The Bertz CT molecular complexity index is 1670. The van der Waals surface area contributed by atoms with Crippen LogP contribution in [-0.2, 0) is 4.79 Å². The molecule has 0 radical (unpaired) electrons. The van der Waals surface area contributed by atoms with Crippen LogP contribution in [0.2, 0.25) is 0 Å². The number of fused-ring (bicyclic) bond motifs is 1. The highest BCUT2D eigenvalue weighted by molar-refractivity contribution is 5.96. The predicted octanol–water partition coefficient (Wildman–Crippen LogP) is 0.822. The zero-order valence-electron chi connectivity index (χ0n) is 24.5. The molecule has 1 fully saturated rings. The Labute approximate surface area is 254 Å². The number of amides is 2. The van der Waals surface area contributed by atoms with Crippen molar-refractivity contribution in [2.24, 2.45) is 0 Å². The van der Waals surface area contributed by atoms with Gasteiger partial charge in [-0.3, -0.25) is 14.0 Å². The van der Waals surface area contributed by atoms with Crippen molar-refractivity contribution in [1.29, 1.82) is 0 Å². The molecule has 43 heavy (non-hydrogen) atoms. The van der Waals surface area contributed by atoms with Gasteiger partial charge in [0.2, 0.25) is 5.82 Å². The van der Waals surface area contributed by atoms with Gasteiger partial charge in [0, 0.05) is 41.3 Å². The van der Waals surface area contributed by atoms with Gasteiger partial charge in [-0.25, -0.2) is 14.4 Å². The first kappa shape index (κ1) is 31.6. The van der Waals surface area contributed by atoms with Crippen molar-refractivity contribution >= 4 is 29.0 Å². The van der Waals surface area contributed by atoms with Gasteiger partial charge in [-0.05, 0) is 55.7 Å². The van der Waals surface area contributed by atoms with Crippen molar-refractivity contribution in [3.05, 3.63) is 71.7 Å². The van der Waals surface area contributed by atoms with Crippen LogP contribution >= 0.6 is 0 Å². The van der Waals surface area contributed by atoms with E-state index in [9.17, 15) is 18.4 Å². The van der Waals surface area contributed by atoms with Crippen LogP contribution in [0.1, 0.15) is 28.8 Å². The molecule has 4 aromatic rings. The smallest absolute Gasteiger partial charge is 0.275 e. The van der Waals surface area contributed by atoms with Crippen molar-refractivity contribution in [3.8, 4) is 17.0 Å². The predicted molar refractivity (Wildman–Crippen MR) is 155 cm³/mol. The van der Waals surface area contributed by atoms with Crippen LogP contribution in [0.15, 0.2) is 48.9 Å². The van der Waals surface area contributed by atoms with Gasteiger partial charge in [0.1, 0.15) is 0 Å². The number of nitrogens with one attached hydrogen (secondary N) is 3. The molecule has 2 aromatic carbocycles. The van der Waals surface area contributed by atoms with Crippen LogP contribution in [0.4, 0.5) is 20.3 Å². The third kappa shape index (κ3) is 6.86. The molecular formula is C30H34ClF2N7O3. The molecule has 13 heteroatoms. The van der Waals surface area contributed by atoms with Gasteiger partial charge in [0.15, 0.2) is 29.6 Å². The molecule has 0 atom stereocenters. The van der Waals surface area contributed by atoms with E-state index in [1.54, 1.807) is 22.7 Å². The van der Waals surface area contributed by atoms with Crippen LogP contribution < -0.4 is 33.1 Å². The molecule has 0 aliphatic heterocycles. The fourth-order valence-corrected chi connectivity index (χ4v) is 5.05. The molecule has 0 spiro atoms. The standard InChI is InChI=1S/C30H33F2N7O3.ClH/c1-17-12-18(6-7-21(17)30(41)37-20-13-19(14-20)35-25(40)16-39(2,3)4)36-28-29-34-15-23(38(29)11-10-33-28)22-8-9-24(42-5)27(32)26(22)31;/h6-12,15,19-20H,13-14,16H2,1-5H3,(H2-,33,35,36,37,40,41);1H/t19-,20+;. The molecule has 1 aliphatic rings. The quantitative estimate of drug-likeness (QED) is 0.241. The van der Waals surface area contributed by atoms with Gasteiger partial charge in [0.25, 0.3) is 11.8 Å². The second-order valence-corrected chi connectivity index (χ2v) is 11.6.